The van der Waals surface area contributed by atoms with E-state index in [2.05, 4.69) is 24.9 Å². The number of nitrogen functional groups attached to an aromatic ring is 1. The molecule has 4 rings (SSSR count). The van der Waals surface area contributed by atoms with Crippen LogP contribution in [0.15, 0.2) is 26.9 Å². The largest absolute Gasteiger partial charge is 0.394 e. The quantitative estimate of drug-likeness (QED) is 0.277. The van der Waals surface area contributed by atoms with Crippen molar-refractivity contribution in [3.8, 4) is 0 Å². The van der Waals surface area contributed by atoms with Gasteiger partial charge in [-0.25, -0.2) is 9.78 Å². The number of anilines is 1. The first-order chi connectivity index (χ1) is 13.3. The van der Waals surface area contributed by atoms with E-state index in [9.17, 15) is 19.5 Å². The van der Waals surface area contributed by atoms with Gasteiger partial charge in [-0.1, -0.05) is 0 Å². The monoisotopic (exact) mass is 393 g/mol. The van der Waals surface area contributed by atoms with E-state index in [0.29, 0.717) is 16.7 Å². The SMILES string of the molecule is Cc1cn([C@H]2C[C@H](O)[C@@H](CO)O2)c(=O)[nH]c1=O.Nc1nc2nc[nH]c2c(=O)[nH]1. The number of aryl methyl sites for hydroxylation is 1. The Kier molecular flexibility index (Phi) is 5.39. The van der Waals surface area contributed by atoms with Crippen molar-refractivity contribution in [2.45, 2.75) is 31.8 Å². The second-order valence-corrected chi connectivity index (χ2v) is 6.15. The van der Waals surface area contributed by atoms with Gasteiger partial charge in [0.05, 0.1) is 19.0 Å². The van der Waals surface area contributed by atoms with Crippen molar-refractivity contribution in [3.05, 3.63) is 49.3 Å². The highest BCUT2D eigenvalue weighted by molar-refractivity contribution is 5.69. The lowest BCUT2D eigenvalue weighted by Gasteiger charge is -2.14. The molecule has 0 saturated carbocycles. The van der Waals surface area contributed by atoms with Gasteiger partial charge in [-0.05, 0) is 6.92 Å². The molecule has 3 aromatic rings. The van der Waals surface area contributed by atoms with Gasteiger partial charge >= 0.3 is 5.69 Å². The summed E-state index contributed by atoms with van der Waals surface area (Å²) in [6.07, 6.45) is 0.815. The molecule has 0 aliphatic carbocycles. The second kappa shape index (κ2) is 7.75. The average Bonchev–Trinajstić information content (AvgIpc) is 3.25. The molecule has 0 bridgehead atoms. The summed E-state index contributed by atoms with van der Waals surface area (Å²) < 4.78 is 6.54. The standard InChI is InChI=1S/C10H14N2O5.C5H5N5O/c1-5-3-12(10(16)11-9(5)15)8-2-6(14)7(4-13)17-8;6-5-9-3-2(4(11)10-5)7-1-8-3/h3,6-8,13-14H,2,4H2,1H3,(H,11,15,16);1H,(H4,6,7,8,9,10,11)/t6-,7+,8+;/m0./s1. The Morgan fingerprint density at radius 1 is 1.32 bits per heavy atom. The maximum absolute atomic E-state index is 11.6. The molecule has 1 aliphatic rings. The zero-order valence-corrected chi connectivity index (χ0v) is 14.7. The van der Waals surface area contributed by atoms with Crippen LogP contribution in [0.1, 0.15) is 18.2 Å². The number of aliphatic hydroxyl groups is 2. The normalized spacial score (nSPS) is 21.5. The summed E-state index contributed by atoms with van der Waals surface area (Å²) in [5.74, 6) is 0.0783. The molecule has 0 amide bonds. The highest BCUT2D eigenvalue weighted by atomic mass is 16.5. The van der Waals surface area contributed by atoms with Crippen LogP contribution in [0.5, 0.6) is 0 Å². The number of hydrogen-bond acceptors (Lipinski definition) is 9. The molecule has 0 unspecified atom stereocenters. The number of ether oxygens (including phenoxy) is 1. The summed E-state index contributed by atoms with van der Waals surface area (Å²) in [5.41, 5.74) is 5.00. The van der Waals surface area contributed by atoms with Crippen LogP contribution in [0, 0.1) is 6.92 Å². The van der Waals surface area contributed by atoms with Crippen LogP contribution in [0.3, 0.4) is 0 Å². The van der Waals surface area contributed by atoms with Crippen LogP contribution < -0.4 is 22.5 Å². The van der Waals surface area contributed by atoms with Crippen molar-refractivity contribution < 1.29 is 14.9 Å². The Bertz CT molecular complexity index is 1150. The molecule has 13 heteroatoms. The van der Waals surface area contributed by atoms with E-state index in [-0.39, 0.29) is 24.5 Å². The first-order valence-corrected chi connectivity index (χ1v) is 8.25. The molecule has 150 valence electrons. The summed E-state index contributed by atoms with van der Waals surface area (Å²) >= 11 is 0. The molecular weight excluding hydrogens is 374 g/mol. The summed E-state index contributed by atoms with van der Waals surface area (Å²) in [4.78, 5) is 48.5. The molecule has 1 fully saturated rings. The fourth-order valence-electron chi connectivity index (χ4n) is 2.71. The lowest BCUT2D eigenvalue weighted by atomic mass is 10.2. The molecule has 28 heavy (non-hydrogen) atoms. The van der Waals surface area contributed by atoms with E-state index < -0.39 is 29.7 Å². The maximum Gasteiger partial charge on any atom is 0.330 e. The molecule has 13 nitrogen and oxygen atoms in total. The first kappa shape index (κ1) is 19.5. The van der Waals surface area contributed by atoms with Gasteiger partial charge in [0.1, 0.15) is 12.3 Å². The van der Waals surface area contributed by atoms with Crippen LogP contribution >= 0.6 is 0 Å². The van der Waals surface area contributed by atoms with E-state index in [0.717, 1.165) is 0 Å². The summed E-state index contributed by atoms with van der Waals surface area (Å²) in [5, 5.41) is 18.5. The minimum atomic E-state index is -0.816. The third-order valence-corrected chi connectivity index (χ3v) is 4.15. The molecule has 0 radical (unpaired) electrons. The molecule has 1 aliphatic heterocycles. The third kappa shape index (κ3) is 3.85. The van der Waals surface area contributed by atoms with Gasteiger partial charge in [0.2, 0.25) is 5.95 Å². The van der Waals surface area contributed by atoms with Gasteiger partial charge in [0.25, 0.3) is 11.1 Å². The number of imidazole rings is 1. The minimum Gasteiger partial charge on any atom is -0.394 e. The number of H-pyrrole nitrogens is 3. The molecule has 1 saturated heterocycles. The Labute approximate surface area is 155 Å². The fraction of sp³-hybridized carbons (Fsp3) is 0.400. The van der Waals surface area contributed by atoms with Crippen molar-refractivity contribution in [2.75, 3.05) is 12.3 Å². The smallest absolute Gasteiger partial charge is 0.330 e. The summed E-state index contributed by atoms with van der Waals surface area (Å²) in [7, 11) is 0. The van der Waals surface area contributed by atoms with E-state index in [1.165, 1.54) is 17.1 Å². The highest BCUT2D eigenvalue weighted by Crippen LogP contribution is 2.27. The van der Waals surface area contributed by atoms with Crippen molar-refractivity contribution in [1.82, 2.24) is 29.5 Å². The van der Waals surface area contributed by atoms with E-state index in [1.807, 2.05) is 0 Å². The number of nitrogens with two attached hydrogens (primary N) is 1. The number of nitrogens with zero attached hydrogens (tertiary/aromatic N) is 3. The lowest BCUT2D eigenvalue weighted by molar-refractivity contribution is -0.0459. The number of aliphatic hydroxyl groups excluding tert-OH is 2. The topological polar surface area (TPSA) is 205 Å². The second-order valence-electron chi connectivity index (χ2n) is 6.15. The van der Waals surface area contributed by atoms with Gasteiger partial charge in [-0.15, -0.1) is 0 Å². The molecule has 3 aromatic heterocycles. The zero-order valence-electron chi connectivity index (χ0n) is 14.7. The van der Waals surface area contributed by atoms with Crippen LogP contribution in [0.25, 0.3) is 11.2 Å². The Morgan fingerprint density at radius 3 is 2.75 bits per heavy atom. The van der Waals surface area contributed by atoms with Crippen LogP contribution in [0.4, 0.5) is 5.95 Å². The van der Waals surface area contributed by atoms with E-state index in [1.54, 1.807) is 6.92 Å². The van der Waals surface area contributed by atoms with Crippen molar-refractivity contribution in [3.63, 3.8) is 0 Å². The molecule has 4 heterocycles. The highest BCUT2D eigenvalue weighted by Gasteiger charge is 2.34. The maximum atomic E-state index is 11.6. The predicted octanol–water partition coefficient (Wildman–Crippen LogP) is -2.29. The number of aromatic amines is 3. The van der Waals surface area contributed by atoms with E-state index in [4.69, 9.17) is 15.6 Å². The summed E-state index contributed by atoms with van der Waals surface area (Å²) in [6.45, 7) is 1.26. The molecule has 3 atom stereocenters. The van der Waals surface area contributed by atoms with Gasteiger partial charge in [0.15, 0.2) is 11.2 Å². The Morgan fingerprint density at radius 2 is 2.07 bits per heavy atom. The molecule has 0 aromatic carbocycles. The number of hydrogen-bond donors (Lipinski definition) is 6. The third-order valence-electron chi connectivity index (χ3n) is 4.15. The van der Waals surface area contributed by atoms with Gasteiger partial charge in [-0.3, -0.25) is 24.1 Å². The molecule has 0 spiro atoms. The number of aromatic nitrogens is 6. The first-order valence-electron chi connectivity index (χ1n) is 8.25. The number of fused-ring (bicyclic) bond motifs is 1. The molecular formula is C15H19N7O6. The molecule has 7 N–H and O–H groups in total. The summed E-state index contributed by atoms with van der Waals surface area (Å²) in [6, 6.07) is 0. The van der Waals surface area contributed by atoms with Crippen LogP contribution in [-0.2, 0) is 4.74 Å². The predicted molar refractivity (Wildman–Crippen MR) is 96.6 cm³/mol. The van der Waals surface area contributed by atoms with Crippen molar-refractivity contribution in [2.24, 2.45) is 0 Å². The minimum absolute atomic E-state index is 0.0783. The van der Waals surface area contributed by atoms with Gasteiger partial charge in [0, 0.05) is 18.2 Å². The van der Waals surface area contributed by atoms with E-state index >= 15 is 0 Å². The van der Waals surface area contributed by atoms with Crippen molar-refractivity contribution >= 4 is 17.1 Å². The number of rotatable bonds is 2. The van der Waals surface area contributed by atoms with Gasteiger partial charge in [-0.2, -0.15) is 4.98 Å². The average molecular weight is 393 g/mol. The number of nitrogens with one attached hydrogen (secondary N) is 3. The Balaban J connectivity index is 0.000000176. The fourth-order valence-corrected chi connectivity index (χ4v) is 2.71. The van der Waals surface area contributed by atoms with Crippen molar-refractivity contribution in [1.29, 1.82) is 0 Å². The Hall–Kier alpha value is -3.29. The zero-order chi connectivity index (χ0) is 20.4. The van der Waals surface area contributed by atoms with Crippen LogP contribution in [-0.4, -0.2) is 58.5 Å². The lowest BCUT2D eigenvalue weighted by Crippen LogP contribution is -2.33. The van der Waals surface area contributed by atoms with Gasteiger partial charge < -0.3 is 25.7 Å². The van der Waals surface area contributed by atoms with Crippen LogP contribution in [0.2, 0.25) is 0 Å².